The third-order valence-electron chi connectivity index (χ3n) is 0.656. The van der Waals surface area contributed by atoms with Crippen LogP contribution in [0.3, 0.4) is 0 Å². The Kier molecular flexibility index (Phi) is 5.78. The Hall–Kier alpha value is -0.120. The van der Waals surface area contributed by atoms with E-state index in [0.717, 1.165) is 13.0 Å². The molecule has 0 aliphatic rings. The molecule has 0 aromatic carbocycles. The molecule has 0 saturated carbocycles. The first-order valence-corrected chi connectivity index (χ1v) is 2.43. The second-order valence-corrected chi connectivity index (χ2v) is 1.28. The van der Waals surface area contributed by atoms with Crippen molar-refractivity contribution in [3.05, 3.63) is 0 Å². The van der Waals surface area contributed by atoms with Gasteiger partial charge in [-0.1, -0.05) is 0 Å². The summed E-state index contributed by atoms with van der Waals surface area (Å²) in [6.07, 6.45) is 0.789. The predicted molar refractivity (Wildman–Crippen MR) is 28.8 cm³/mol. The van der Waals surface area contributed by atoms with Gasteiger partial charge in [-0.2, -0.15) is 0 Å². The first-order chi connectivity index (χ1) is 3.41. The summed E-state index contributed by atoms with van der Waals surface area (Å²) in [6.45, 7) is 1.56. The fourth-order valence-corrected chi connectivity index (χ4v) is 0.306. The van der Waals surface area contributed by atoms with Gasteiger partial charge in [0.15, 0.2) is 0 Å². The van der Waals surface area contributed by atoms with E-state index in [9.17, 15) is 0 Å². The fraction of sp³-hybridized carbons (Fsp3) is 1.00. The molecule has 0 radical (unpaired) electrons. The van der Waals surface area contributed by atoms with Crippen molar-refractivity contribution in [1.82, 2.24) is 5.32 Å². The van der Waals surface area contributed by atoms with E-state index < -0.39 is 0 Å². The highest BCUT2D eigenvalue weighted by Crippen LogP contribution is 1.67. The Morgan fingerprint density at radius 2 is 2.29 bits per heavy atom. The van der Waals surface area contributed by atoms with Crippen LogP contribution in [0, 0.1) is 0 Å². The maximum absolute atomic E-state index is 8.21. The lowest BCUT2D eigenvalue weighted by Gasteiger charge is -1.94. The van der Waals surface area contributed by atoms with E-state index in [2.05, 4.69) is 5.32 Å². The maximum atomic E-state index is 8.21. The van der Waals surface area contributed by atoms with E-state index in [0.29, 0.717) is 6.67 Å². The summed E-state index contributed by atoms with van der Waals surface area (Å²) in [4.78, 5) is 0. The first kappa shape index (κ1) is 6.88. The number of hydrogen-bond donors (Lipinski definition) is 3. The zero-order chi connectivity index (χ0) is 5.54. The van der Waals surface area contributed by atoms with E-state index in [4.69, 9.17) is 10.8 Å². The van der Waals surface area contributed by atoms with Gasteiger partial charge in [-0.25, -0.2) is 0 Å². The molecule has 0 amide bonds. The topological polar surface area (TPSA) is 58.3 Å². The minimum Gasteiger partial charge on any atom is -0.396 e. The fourth-order valence-electron chi connectivity index (χ4n) is 0.306. The summed E-state index contributed by atoms with van der Waals surface area (Å²) in [6, 6.07) is 0. The lowest BCUT2D eigenvalue weighted by Crippen LogP contribution is -2.23. The average Bonchev–Trinajstić information content (AvgIpc) is 1.69. The van der Waals surface area contributed by atoms with Crippen LogP contribution in [0.1, 0.15) is 6.42 Å². The highest BCUT2D eigenvalue weighted by molar-refractivity contribution is 4.38. The van der Waals surface area contributed by atoms with E-state index in [1.807, 2.05) is 0 Å². The molecule has 7 heavy (non-hydrogen) atoms. The SMILES string of the molecule is NCNCCCO. The minimum absolute atomic E-state index is 0.243. The van der Waals surface area contributed by atoms with Crippen LogP contribution in [-0.2, 0) is 0 Å². The van der Waals surface area contributed by atoms with Gasteiger partial charge in [-0.3, -0.25) is 0 Å². The average molecular weight is 104 g/mol. The Bertz CT molecular complexity index is 28.9. The largest absolute Gasteiger partial charge is 0.396 e. The molecule has 0 aromatic rings. The third-order valence-corrected chi connectivity index (χ3v) is 0.656. The normalized spacial score (nSPS) is 9.43. The zero-order valence-corrected chi connectivity index (χ0v) is 4.35. The van der Waals surface area contributed by atoms with Gasteiger partial charge in [0.2, 0.25) is 0 Å². The number of nitrogens with two attached hydrogens (primary N) is 1. The third kappa shape index (κ3) is 5.88. The van der Waals surface area contributed by atoms with Crippen molar-refractivity contribution in [3.8, 4) is 0 Å². The van der Waals surface area contributed by atoms with Crippen LogP contribution in [0.25, 0.3) is 0 Å². The number of nitrogens with one attached hydrogen (secondary N) is 1. The Morgan fingerprint density at radius 3 is 2.71 bits per heavy atom. The zero-order valence-electron chi connectivity index (χ0n) is 4.35. The van der Waals surface area contributed by atoms with Crippen molar-refractivity contribution in [3.63, 3.8) is 0 Å². The van der Waals surface area contributed by atoms with E-state index in [-0.39, 0.29) is 6.61 Å². The molecular formula is C4H12N2O. The predicted octanol–water partition coefficient (Wildman–Crippen LogP) is -1.13. The van der Waals surface area contributed by atoms with Crippen molar-refractivity contribution in [1.29, 1.82) is 0 Å². The van der Waals surface area contributed by atoms with Gasteiger partial charge in [0.05, 0.1) is 0 Å². The highest BCUT2D eigenvalue weighted by Gasteiger charge is 1.78. The summed E-state index contributed by atoms with van der Waals surface area (Å²) in [5.41, 5.74) is 5.08. The molecule has 4 N–H and O–H groups in total. The van der Waals surface area contributed by atoms with Gasteiger partial charge in [0.25, 0.3) is 0 Å². The second-order valence-electron chi connectivity index (χ2n) is 1.28. The van der Waals surface area contributed by atoms with Gasteiger partial charge < -0.3 is 16.2 Å². The Labute approximate surface area is 43.5 Å². The van der Waals surface area contributed by atoms with Gasteiger partial charge in [0.1, 0.15) is 0 Å². The standard InChI is InChI=1S/C4H12N2O/c5-4-6-2-1-3-7/h6-7H,1-5H2. The molecular weight excluding hydrogens is 92.1 g/mol. The van der Waals surface area contributed by atoms with E-state index in [1.165, 1.54) is 0 Å². The lowest BCUT2D eigenvalue weighted by molar-refractivity contribution is 0.286. The molecule has 0 rings (SSSR count). The van der Waals surface area contributed by atoms with Crippen molar-refractivity contribution in [2.75, 3.05) is 19.8 Å². The molecule has 0 aliphatic carbocycles. The monoisotopic (exact) mass is 104 g/mol. The summed E-state index contributed by atoms with van der Waals surface area (Å²) in [5.74, 6) is 0. The number of hydrogen-bond acceptors (Lipinski definition) is 3. The first-order valence-electron chi connectivity index (χ1n) is 2.43. The minimum atomic E-state index is 0.243. The second kappa shape index (κ2) is 5.88. The molecule has 44 valence electrons. The van der Waals surface area contributed by atoms with Gasteiger partial charge >= 0.3 is 0 Å². The van der Waals surface area contributed by atoms with E-state index >= 15 is 0 Å². The van der Waals surface area contributed by atoms with Crippen LogP contribution >= 0.6 is 0 Å². The Morgan fingerprint density at radius 1 is 1.57 bits per heavy atom. The molecule has 0 unspecified atom stereocenters. The van der Waals surface area contributed by atoms with E-state index in [1.54, 1.807) is 0 Å². The van der Waals surface area contributed by atoms with Crippen LogP contribution in [0.2, 0.25) is 0 Å². The maximum Gasteiger partial charge on any atom is 0.0443 e. The van der Waals surface area contributed by atoms with Crippen molar-refractivity contribution < 1.29 is 5.11 Å². The quantitative estimate of drug-likeness (QED) is 0.312. The molecule has 0 heterocycles. The Balaban J connectivity index is 2.45. The molecule has 0 aromatic heterocycles. The summed E-state index contributed by atoms with van der Waals surface area (Å²) >= 11 is 0. The van der Waals surface area contributed by atoms with Crippen LogP contribution in [-0.4, -0.2) is 24.9 Å². The molecule has 0 fully saturated rings. The van der Waals surface area contributed by atoms with Crippen molar-refractivity contribution in [2.45, 2.75) is 6.42 Å². The highest BCUT2D eigenvalue weighted by atomic mass is 16.3. The van der Waals surface area contributed by atoms with Crippen LogP contribution in [0.5, 0.6) is 0 Å². The molecule has 3 heteroatoms. The number of aliphatic hydroxyl groups excluding tert-OH is 1. The van der Waals surface area contributed by atoms with Crippen LogP contribution in [0.15, 0.2) is 0 Å². The summed E-state index contributed by atoms with van der Waals surface area (Å²) < 4.78 is 0. The van der Waals surface area contributed by atoms with Crippen molar-refractivity contribution in [2.24, 2.45) is 5.73 Å². The molecule has 0 saturated heterocycles. The summed E-state index contributed by atoms with van der Waals surface area (Å²) in [7, 11) is 0. The molecule has 0 atom stereocenters. The molecule has 0 bridgehead atoms. The van der Waals surface area contributed by atoms with Gasteiger partial charge in [0, 0.05) is 13.3 Å². The smallest absolute Gasteiger partial charge is 0.0443 e. The molecule has 0 aliphatic heterocycles. The number of aliphatic hydroxyl groups is 1. The number of rotatable bonds is 4. The van der Waals surface area contributed by atoms with Crippen LogP contribution in [0.4, 0.5) is 0 Å². The molecule has 0 spiro atoms. The van der Waals surface area contributed by atoms with Gasteiger partial charge in [-0.05, 0) is 13.0 Å². The van der Waals surface area contributed by atoms with Crippen LogP contribution < -0.4 is 11.1 Å². The van der Waals surface area contributed by atoms with Crippen molar-refractivity contribution >= 4 is 0 Å². The summed E-state index contributed by atoms with van der Waals surface area (Å²) in [5, 5.41) is 11.1. The lowest BCUT2D eigenvalue weighted by atomic mass is 10.5. The van der Waals surface area contributed by atoms with Gasteiger partial charge in [-0.15, -0.1) is 0 Å². The molecule has 3 nitrogen and oxygen atoms in total.